The number of carbonyl (C=O) groups is 1. The SMILES string of the molecule is C=CCCC(=O)N(CC1CCCO1)c1nc(-c2ccc(Br)cc2)cs1. The lowest BCUT2D eigenvalue weighted by atomic mass is 10.2. The predicted octanol–water partition coefficient (Wildman–Crippen LogP) is 5.05. The van der Waals surface area contributed by atoms with Gasteiger partial charge in [-0.05, 0) is 31.4 Å². The molecule has 2 aromatic rings. The number of aromatic nitrogens is 1. The second kappa shape index (κ2) is 8.74. The molecule has 1 fully saturated rings. The van der Waals surface area contributed by atoms with Crippen molar-refractivity contribution in [1.82, 2.24) is 4.98 Å². The van der Waals surface area contributed by atoms with E-state index in [0.717, 1.165) is 40.3 Å². The van der Waals surface area contributed by atoms with Gasteiger partial charge in [0.25, 0.3) is 0 Å². The lowest BCUT2D eigenvalue weighted by Gasteiger charge is -2.23. The highest BCUT2D eigenvalue weighted by atomic mass is 79.9. The number of halogens is 1. The minimum atomic E-state index is 0.0760. The Labute approximate surface area is 160 Å². The van der Waals surface area contributed by atoms with Gasteiger partial charge in [0.05, 0.1) is 18.3 Å². The van der Waals surface area contributed by atoms with Crippen molar-refractivity contribution in [1.29, 1.82) is 0 Å². The van der Waals surface area contributed by atoms with Gasteiger partial charge < -0.3 is 4.74 Å². The Morgan fingerprint density at radius 3 is 2.92 bits per heavy atom. The number of allylic oxidation sites excluding steroid dienone is 1. The number of thiazole rings is 1. The summed E-state index contributed by atoms with van der Waals surface area (Å²) in [7, 11) is 0. The van der Waals surface area contributed by atoms with Crippen LogP contribution in [0.4, 0.5) is 5.13 Å². The van der Waals surface area contributed by atoms with Gasteiger partial charge in [0.2, 0.25) is 5.91 Å². The molecule has 4 nitrogen and oxygen atoms in total. The molecule has 1 aliphatic rings. The standard InChI is InChI=1S/C19H21BrN2O2S/c1-2-3-6-18(23)22(12-16-5-4-11-24-16)19-21-17(13-25-19)14-7-9-15(20)10-8-14/h2,7-10,13,16H,1,3-6,11-12H2. The van der Waals surface area contributed by atoms with Gasteiger partial charge in [-0.2, -0.15) is 0 Å². The number of amides is 1. The summed E-state index contributed by atoms with van der Waals surface area (Å²) < 4.78 is 6.76. The molecule has 25 heavy (non-hydrogen) atoms. The fraction of sp³-hybridized carbons (Fsp3) is 0.368. The molecule has 1 aromatic carbocycles. The first-order valence-electron chi connectivity index (χ1n) is 8.41. The van der Waals surface area contributed by atoms with Gasteiger partial charge in [-0.25, -0.2) is 4.98 Å². The molecule has 1 amide bonds. The summed E-state index contributed by atoms with van der Waals surface area (Å²) >= 11 is 4.95. The van der Waals surface area contributed by atoms with Crippen LogP contribution in [0.5, 0.6) is 0 Å². The van der Waals surface area contributed by atoms with Gasteiger partial charge >= 0.3 is 0 Å². The quantitative estimate of drug-likeness (QED) is 0.588. The van der Waals surface area contributed by atoms with E-state index in [0.29, 0.717) is 19.4 Å². The molecule has 1 aliphatic heterocycles. The summed E-state index contributed by atoms with van der Waals surface area (Å²) in [6.07, 6.45) is 5.05. The highest BCUT2D eigenvalue weighted by Gasteiger charge is 2.25. The summed E-state index contributed by atoms with van der Waals surface area (Å²) in [5.41, 5.74) is 1.93. The van der Waals surface area contributed by atoms with Crippen molar-refractivity contribution in [2.45, 2.75) is 31.8 Å². The second-order valence-corrected chi connectivity index (χ2v) is 7.74. The van der Waals surface area contributed by atoms with Crippen LogP contribution in [-0.2, 0) is 9.53 Å². The molecule has 0 N–H and O–H groups in total. The predicted molar refractivity (Wildman–Crippen MR) is 106 cm³/mol. The van der Waals surface area contributed by atoms with E-state index < -0.39 is 0 Å². The average Bonchev–Trinajstić information content (AvgIpc) is 3.30. The number of carbonyl (C=O) groups excluding carboxylic acids is 1. The summed E-state index contributed by atoms with van der Waals surface area (Å²) in [5.74, 6) is 0.0760. The fourth-order valence-electron chi connectivity index (χ4n) is 2.78. The van der Waals surface area contributed by atoms with Crippen molar-refractivity contribution >= 4 is 38.3 Å². The molecule has 132 valence electrons. The molecule has 1 saturated heterocycles. The highest BCUT2D eigenvalue weighted by molar-refractivity contribution is 9.10. The van der Waals surface area contributed by atoms with E-state index >= 15 is 0 Å². The van der Waals surface area contributed by atoms with Crippen LogP contribution in [-0.4, -0.2) is 30.1 Å². The lowest BCUT2D eigenvalue weighted by molar-refractivity contribution is -0.118. The van der Waals surface area contributed by atoms with Gasteiger partial charge in [0, 0.05) is 28.4 Å². The van der Waals surface area contributed by atoms with Gasteiger partial charge in [-0.1, -0.05) is 34.1 Å². The molecule has 0 aliphatic carbocycles. The largest absolute Gasteiger partial charge is 0.376 e. The Bertz CT molecular complexity index is 723. The maximum absolute atomic E-state index is 12.7. The van der Waals surface area contributed by atoms with Crippen LogP contribution in [0.3, 0.4) is 0 Å². The number of benzene rings is 1. The Kier molecular flexibility index (Phi) is 6.39. The third-order valence-corrected chi connectivity index (χ3v) is 5.53. The lowest BCUT2D eigenvalue weighted by Crippen LogP contribution is -2.37. The summed E-state index contributed by atoms with van der Waals surface area (Å²) in [4.78, 5) is 19.2. The Balaban J connectivity index is 1.80. The summed E-state index contributed by atoms with van der Waals surface area (Å²) in [5, 5.41) is 2.74. The third kappa shape index (κ3) is 4.77. The zero-order valence-electron chi connectivity index (χ0n) is 14.0. The number of hydrogen-bond donors (Lipinski definition) is 0. The van der Waals surface area contributed by atoms with Crippen LogP contribution in [0.15, 0.2) is 46.8 Å². The van der Waals surface area contributed by atoms with Crippen molar-refractivity contribution in [3.63, 3.8) is 0 Å². The average molecular weight is 421 g/mol. The van der Waals surface area contributed by atoms with E-state index in [4.69, 9.17) is 9.72 Å². The monoisotopic (exact) mass is 420 g/mol. The van der Waals surface area contributed by atoms with Gasteiger partial charge in [-0.15, -0.1) is 17.9 Å². The highest BCUT2D eigenvalue weighted by Crippen LogP contribution is 2.30. The molecule has 0 saturated carbocycles. The molecule has 3 rings (SSSR count). The van der Waals surface area contributed by atoms with Gasteiger partial charge in [-0.3, -0.25) is 9.69 Å². The first-order chi connectivity index (χ1) is 12.2. The number of ether oxygens (including phenoxy) is 1. The van der Waals surface area contributed by atoms with Crippen LogP contribution >= 0.6 is 27.3 Å². The van der Waals surface area contributed by atoms with Crippen LogP contribution in [0.25, 0.3) is 11.3 Å². The smallest absolute Gasteiger partial charge is 0.229 e. The van der Waals surface area contributed by atoms with E-state index in [9.17, 15) is 4.79 Å². The summed E-state index contributed by atoms with van der Waals surface area (Å²) in [6, 6.07) is 8.03. The fourth-order valence-corrected chi connectivity index (χ4v) is 3.91. The number of anilines is 1. The molecule has 0 radical (unpaired) electrons. The molecule has 1 atom stereocenters. The number of rotatable bonds is 7. The van der Waals surface area contributed by atoms with Crippen LogP contribution in [0.1, 0.15) is 25.7 Å². The first kappa shape index (κ1) is 18.3. The normalized spacial score (nSPS) is 16.8. The molecule has 0 spiro atoms. The molecule has 1 aromatic heterocycles. The minimum Gasteiger partial charge on any atom is -0.376 e. The summed E-state index contributed by atoms with van der Waals surface area (Å²) in [6.45, 7) is 5.06. The Morgan fingerprint density at radius 2 is 2.24 bits per heavy atom. The maximum atomic E-state index is 12.7. The molecule has 6 heteroatoms. The zero-order valence-corrected chi connectivity index (χ0v) is 16.4. The first-order valence-corrected chi connectivity index (χ1v) is 10.1. The number of nitrogens with zero attached hydrogens (tertiary/aromatic N) is 2. The molecule has 2 heterocycles. The Morgan fingerprint density at radius 1 is 1.44 bits per heavy atom. The molecule has 1 unspecified atom stereocenters. The van der Waals surface area contributed by atoms with E-state index in [1.54, 1.807) is 11.0 Å². The second-order valence-electron chi connectivity index (χ2n) is 5.99. The van der Waals surface area contributed by atoms with Crippen molar-refractivity contribution in [2.75, 3.05) is 18.1 Å². The van der Waals surface area contributed by atoms with Crippen molar-refractivity contribution in [3.8, 4) is 11.3 Å². The van der Waals surface area contributed by atoms with Gasteiger partial charge in [0.1, 0.15) is 0 Å². The van der Waals surface area contributed by atoms with Crippen LogP contribution in [0, 0.1) is 0 Å². The van der Waals surface area contributed by atoms with E-state index in [1.807, 2.05) is 29.6 Å². The van der Waals surface area contributed by atoms with Crippen molar-refractivity contribution in [2.24, 2.45) is 0 Å². The van der Waals surface area contributed by atoms with Crippen LogP contribution < -0.4 is 4.90 Å². The third-order valence-electron chi connectivity index (χ3n) is 4.14. The molecular weight excluding hydrogens is 400 g/mol. The maximum Gasteiger partial charge on any atom is 0.229 e. The number of hydrogen-bond acceptors (Lipinski definition) is 4. The van der Waals surface area contributed by atoms with E-state index in [1.165, 1.54) is 11.3 Å². The van der Waals surface area contributed by atoms with Crippen LogP contribution in [0.2, 0.25) is 0 Å². The van der Waals surface area contributed by atoms with E-state index in [-0.39, 0.29) is 12.0 Å². The zero-order chi connectivity index (χ0) is 17.6. The Hall–Kier alpha value is -1.50. The topological polar surface area (TPSA) is 42.4 Å². The van der Waals surface area contributed by atoms with Gasteiger partial charge in [0.15, 0.2) is 5.13 Å². The van der Waals surface area contributed by atoms with Crippen molar-refractivity contribution < 1.29 is 9.53 Å². The molecule has 0 bridgehead atoms. The molecular formula is C19H21BrN2O2S. The minimum absolute atomic E-state index is 0.0760. The van der Waals surface area contributed by atoms with E-state index in [2.05, 4.69) is 22.5 Å². The van der Waals surface area contributed by atoms with Crippen molar-refractivity contribution in [3.05, 3.63) is 46.8 Å².